The molecule has 2 aromatic carbocycles. The predicted molar refractivity (Wildman–Crippen MR) is 94.5 cm³/mol. The van der Waals surface area contributed by atoms with Gasteiger partial charge < -0.3 is 4.74 Å². The Balaban J connectivity index is 1.80. The van der Waals surface area contributed by atoms with Gasteiger partial charge in [0.25, 0.3) is 5.91 Å². The minimum absolute atomic E-state index is 0.319. The van der Waals surface area contributed by atoms with Gasteiger partial charge >= 0.3 is 5.97 Å². The number of thiophene rings is 1. The summed E-state index contributed by atoms with van der Waals surface area (Å²) in [4.78, 5) is 27.2. The molecule has 1 unspecified atom stereocenters. The van der Waals surface area contributed by atoms with E-state index in [9.17, 15) is 14.0 Å². The minimum Gasteiger partial charge on any atom is -0.467 e. The molecular weight excluding hydrogens is 341 g/mol. The maximum absolute atomic E-state index is 13.9. The Morgan fingerprint density at radius 2 is 2.00 bits per heavy atom. The van der Waals surface area contributed by atoms with Crippen molar-refractivity contribution in [3.8, 4) is 0 Å². The lowest BCUT2D eigenvalue weighted by Crippen LogP contribution is -2.43. The number of carbonyl (C=O) groups excluding carboxylic acids is 2. The first-order valence-electron chi connectivity index (χ1n) is 7.77. The summed E-state index contributed by atoms with van der Waals surface area (Å²) in [5.41, 5.74) is 1.61. The van der Waals surface area contributed by atoms with Gasteiger partial charge in [-0.25, -0.2) is 9.18 Å². The SMILES string of the molecule is COC(=O)C1Cc2ccccc2N1C(=O)c1cc2c(F)cccc2s1. The topological polar surface area (TPSA) is 46.6 Å². The van der Waals surface area contributed by atoms with Crippen molar-refractivity contribution in [1.29, 1.82) is 0 Å². The lowest BCUT2D eigenvalue weighted by Gasteiger charge is -2.23. The first-order chi connectivity index (χ1) is 12.1. The number of esters is 1. The van der Waals surface area contributed by atoms with E-state index in [2.05, 4.69) is 0 Å². The maximum Gasteiger partial charge on any atom is 0.329 e. The molecule has 1 amide bonds. The predicted octanol–water partition coefficient (Wildman–Crippen LogP) is 3.78. The maximum atomic E-state index is 13.9. The number of halogens is 1. The summed E-state index contributed by atoms with van der Waals surface area (Å²) >= 11 is 1.22. The Hall–Kier alpha value is -2.73. The molecule has 0 aliphatic carbocycles. The van der Waals surface area contributed by atoms with E-state index in [1.54, 1.807) is 18.2 Å². The van der Waals surface area contributed by atoms with Gasteiger partial charge in [0.05, 0.1) is 12.0 Å². The van der Waals surface area contributed by atoms with Crippen LogP contribution >= 0.6 is 11.3 Å². The van der Waals surface area contributed by atoms with Gasteiger partial charge in [0.15, 0.2) is 0 Å². The largest absolute Gasteiger partial charge is 0.467 e. The molecule has 126 valence electrons. The van der Waals surface area contributed by atoms with Gasteiger partial charge in [0.2, 0.25) is 0 Å². The van der Waals surface area contributed by atoms with E-state index in [-0.39, 0.29) is 11.7 Å². The summed E-state index contributed by atoms with van der Waals surface area (Å²) in [5, 5.41) is 0.415. The quantitative estimate of drug-likeness (QED) is 0.657. The zero-order chi connectivity index (χ0) is 17.6. The highest BCUT2D eigenvalue weighted by atomic mass is 32.1. The second-order valence-corrected chi connectivity index (χ2v) is 6.89. The lowest BCUT2D eigenvalue weighted by molar-refractivity contribution is -0.141. The highest BCUT2D eigenvalue weighted by molar-refractivity contribution is 7.20. The first-order valence-corrected chi connectivity index (χ1v) is 8.59. The molecule has 1 aromatic heterocycles. The van der Waals surface area contributed by atoms with Crippen molar-refractivity contribution < 1.29 is 18.7 Å². The number of ether oxygens (including phenoxy) is 1. The number of carbonyl (C=O) groups is 2. The van der Waals surface area contributed by atoms with Crippen LogP contribution in [0.4, 0.5) is 10.1 Å². The molecule has 1 atom stereocenters. The first kappa shape index (κ1) is 15.8. The van der Waals surface area contributed by atoms with Crippen LogP contribution in [0, 0.1) is 5.82 Å². The molecule has 1 aliphatic heterocycles. The monoisotopic (exact) mass is 355 g/mol. The Morgan fingerprint density at radius 3 is 2.76 bits per heavy atom. The van der Waals surface area contributed by atoms with Crippen LogP contribution < -0.4 is 4.90 Å². The molecule has 0 saturated carbocycles. The van der Waals surface area contributed by atoms with Crippen molar-refractivity contribution in [2.45, 2.75) is 12.5 Å². The molecule has 25 heavy (non-hydrogen) atoms. The number of hydrogen-bond acceptors (Lipinski definition) is 4. The molecular formula is C19H14FNO3S. The molecule has 4 nitrogen and oxygen atoms in total. The summed E-state index contributed by atoms with van der Waals surface area (Å²) < 4.78 is 19.5. The fourth-order valence-electron chi connectivity index (χ4n) is 3.21. The molecule has 2 heterocycles. The minimum atomic E-state index is -0.704. The average Bonchev–Trinajstić information content (AvgIpc) is 3.23. The number of fused-ring (bicyclic) bond motifs is 2. The van der Waals surface area contributed by atoms with E-state index in [0.717, 1.165) is 5.56 Å². The Morgan fingerprint density at radius 1 is 1.20 bits per heavy atom. The van der Waals surface area contributed by atoms with E-state index in [1.807, 2.05) is 24.3 Å². The van der Waals surface area contributed by atoms with Crippen molar-refractivity contribution in [1.82, 2.24) is 0 Å². The van der Waals surface area contributed by atoms with Crippen molar-refractivity contribution in [2.75, 3.05) is 12.0 Å². The summed E-state index contributed by atoms with van der Waals surface area (Å²) in [6.07, 6.45) is 0.411. The lowest BCUT2D eigenvalue weighted by atomic mass is 10.1. The molecule has 0 fully saturated rings. The zero-order valence-electron chi connectivity index (χ0n) is 13.4. The van der Waals surface area contributed by atoms with Gasteiger partial charge in [-0.1, -0.05) is 24.3 Å². The van der Waals surface area contributed by atoms with Crippen molar-refractivity contribution >= 4 is 39.0 Å². The number of hydrogen-bond donors (Lipinski definition) is 0. The van der Waals surface area contributed by atoms with Crippen molar-refractivity contribution in [3.63, 3.8) is 0 Å². The van der Waals surface area contributed by atoms with Crippen LogP contribution in [0.15, 0.2) is 48.5 Å². The van der Waals surface area contributed by atoms with Gasteiger partial charge in [-0.2, -0.15) is 0 Å². The zero-order valence-corrected chi connectivity index (χ0v) is 14.2. The van der Waals surface area contributed by atoms with Crippen LogP contribution in [0.3, 0.4) is 0 Å². The highest BCUT2D eigenvalue weighted by Crippen LogP contribution is 2.36. The molecule has 0 radical (unpaired) electrons. The molecule has 1 aliphatic rings. The van der Waals surface area contributed by atoms with Crippen LogP contribution in [0.2, 0.25) is 0 Å². The highest BCUT2D eigenvalue weighted by Gasteiger charge is 2.39. The molecule has 3 aromatic rings. The third-order valence-corrected chi connectivity index (χ3v) is 5.48. The second-order valence-electron chi connectivity index (χ2n) is 5.81. The van der Waals surface area contributed by atoms with Gasteiger partial charge in [0.1, 0.15) is 11.9 Å². The van der Waals surface area contributed by atoms with Crippen LogP contribution in [0.5, 0.6) is 0 Å². The third kappa shape index (κ3) is 2.49. The number of rotatable bonds is 2. The van der Waals surface area contributed by atoms with Crippen molar-refractivity contribution in [2.24, 2.45) is 0 Å². The summed E-state index contributed by atoms with van der Waals surface area (Å²) in [7, 11) is 1.31. The van der Waals surface area contributed by atoms with E-state index < -0.39 is 12.0 Å². The molecule has 4 rings (SSSR count). The van der Waals surface area contributed by atoms with Crippen LogP contribution in [-0.2, 0) is 16.0 Å². The van der Waals surface area contributed by atoms with E-state index in [1.165, 1.54) is 29.4 Å². The van der Waals surface area contributed by atoms with E-state index in [0.29, 0.717) is 27.1 Å². The Labute approximate surface area is 147 Å². The van der Waals surface area contributed by atoms with Crippen molar-refractivity contribution in [3.05, 3.63) is 64.8 Å². The molecule has 0 N–H and O–H groups in total. The van der Waals surface area contributed by atoms with Gasteiger partial charge in [-0.3, -0.25) is 9.69 Å². The molecule has 0 spiro atoms. The van der Waals surface area contributed by atoms with E-state index >= 15 is 0 Å². The van der Waals surface area contributed by atoms with Crippen LogP contribution in [0.1, 0.15) is 15.2 Å². The number of nitrogens with zero attached hydrogens (tertiary/aromatic N) is 1. The van der Waals surface area contributed by atoms with E-state index in [4.69, 9.17) is 4.74 Å². The van der Waals surface area contributed by atoms with Gasteiger partial charge in [0, 0.05) is 22.2 Å². The normalized spacial score (nSPS) is 16.1. The molecule has 6 heteroatoms. The number of para-hydroxylation sites is 1. The fraction of sp³-hybridized carbons (Fsp3) is 0.158. The smallest absolute Gasteiger partial charge is 0.329 e. The summed E-state index contributed by atoms with van der Waals surface area (Å²) in [5.74, 6) is -1.14. The number of anilines is 1. The average molecular weight is 355 g/mol. The molecule has 0 saturated heterocycles. The second kappa shape index (κ2) is 5.97. The number of benzene rings is 2. The molecule has 0 bridgehead atoms. The Bertz CT molecular complexity index is 997. The standard InChI is InChI=1S/C19H14FNO3S/c1-24-19(23)15-9-11-5-2-3-7-14(11)21(15)18(22)17-10-12-13(20)6-4-8-16(12)25-17/h2-8,10,15H,9H2,1H3. The van der Waals surface area contributed by atoms with Gasteiger partial charge in [-0.15, -0.1) is 11.3 Å². The van der Waals surface area contributed by atoms with Crippen LogP contribution in [-0.4, -0.2) is 25.0 Å². The fourth-order valence-corrected chi connectivity index (χ4v) is 4.22. The Kier molecular flexibility index (Phi) is 3.77. The summed E-state index contributed by atoms with van der Waals surface area (Å²) in [6.45, 7) is 0. The van der Waals surface area contributed by atoms with Crippen LogP contribution in [0.25, 0.3) is 10.1 Å². The number of amides is 1. The third-order valence-electron chi connectivity index (χ3n) is 4.39. The number of methoxy groups -OCH3 is 1. The summed E-state index contributed by atoms with van der Waals surface area (Å²) in [6, 6.07) is 13.0. The van der Waals surface area contributed by atoms with Gasteiger partial charge in [-0.05, 0) is 29.8 Å².